The summed E-state index contributed by atoms with van der Waals surface area (Å²) in [5.74, 6) is 0.631. The average Bonchev–Trinajstić information content (AvgIpc) is 2.66. The summed E-state index contributed by atoms with van der Waals surface area (Å²) < 4.78 is 1.76. The van der Waals surface area contributed by atoms with Crippen LogP contribution < -0.4 is 5.32 Å². The topological polar surface area (TPSA) is 75.3 Å². The van der Waals surface area contributed by atoms with Gasteiger partial charge in [-0.1, -0.05) is 0 Å². The fourth-order valence-corrected chi connectivity index (χ4v) is 1.14. The number of nitrogens with one attached hydrogen (secondary N) is 1. The van der Waals surface area contributed by atoms with Gasteiger partial charge < -0.3 is 10.4 Å². The molecule has 6 nitrogen and oxygen atoms in total. The molecule has 0 bridgehead atoms. The molecule has 0 radical (unpaired) electrons. The molecular weight excluding hydrogens is 182 g/mol. The fraction of sp³-hybridized carbons (Fsp3) is 0.375. The maximum absolute atomic E-state index is 8.89. The first-order valence-corrected chi connectivity index (χ1v) is 4.33. The molecule has 0 unspecified atom stereocenters. The third-order valence-corrected chi connectivity index (χ3v) is 1.87. The van der Waals surface area contributed by atoms with Crippen molar-refractivity contribution in [1.29, 1.82) is 0 Å². The Morgan fingerprint density at radius 1 is 1.64 bits per heavy atom. The number of hydrogen-bond acceptors (Lipinski definition) is 5. The largest absolute Gasteiger partial charge is 0.394 e. The zero-order valence-corrected chi connectivity index (χ0v) is 7.75. The number of aliphatic hydroxyl groups excluding tert-OH is 1. The van der Waals surface area contributed by atoms with Crippen molar-refractivity contribution in [1.82, 2.24) is 19.6 Å². The molecule has 0 saturated carbocycles. The zero-order chi connectivity index (χ0) is 9.97. The van der Waals surface area contributed by atoms with Crippen LogP contribution in [0.5, 0.6) is 0 Å². The zero-order valence-electron chi connectivity index (χ0n) is 7.75. The summed E-state index contributed by atoms with van der Waals surface area (Å²) in [6.07, 6.45) is 5.03. The van der Waals surface area contributed by atoms with E-state index in [1.54, 1.807) is 23.1 Å². The van der Waals surface area contributed by atoms with Gasteiger partial charge in [-0.3, -0.25) is 4.40 Å². The van der Waals surface area contributed by atoms with Crippen molar-refractivity contribution in [2.24, 2.45) is 0 Å². The highest BCUT2D eigenvalue weighted by Crippen LogP contribution is 2.10. The van der Waals surface area contributed by atoms with E-state index in [1.807, 2.05) is 6.92 Å². The fourth-order valence-electron chi connectivity index (χ4n) is 1.14. The molecule has 2 rings (SSSR count). The SMILES string of the molecule is C[C@@H](CO)Nc1nccn2cnnc12. The molecule has 1 atom stereocenters. The van der Waals surface area contributed by atoms with Crippen molar-refractivity contribution in [3.05, 3.63) is 18.7 Å². The molecular formula is C8H11N5O. The van der Waals surface area contributed by atoms with Crippen LogP contribution >= 0.6 is 0 Å². The van der Waals surface area contributed by atoms with E-state index in [0.717, 1.165) is 0 Å². The second kappa shape index (κ2) is 3.59. The van der Waals surface area contributed by atoms with Crippen molar-refractivity contribution in [2.75, 3.05) is 11.9 Å². The Labute approximate surface area is 80.6 Å². The Balaban J connectivity index is 2.36. The highest BCUT2D eigenvalue weighted by Gasteiger charge is 2.06. The van der Waals surface area contributed by atoms with Gasteiger partial charge in [0, 0.05) is 18.4 Å². The van der Waals surface area contributed by atoms with Gasteiger partial charge in [0.25, 0.3) is 0 Å². The van der Waals surface area contributed by atoms with E-state index in [0.29, 0.717) is 11.5 Å². The predicted octanol–water partition coefficient (Wildman–Crippen LogP) is -0.0830. The highest BCUT2D eigenvalue weighted by atomic mass is 16.3. The molecule has 0 saturated heterocycles. The standard InChI is InChI=1S/C8H11N5O/c1-6(4-14)11-7-8-12-10-5-13(8)3-2-9-7/h2-3,5-6,14H,4H2,1H3,(H,9,11)/t6-/m0/s1. The van der Waals surface area contributed by atoms with E-state index in [1.165, 1.54) is 0 Å². The lowest BCUT2D eigenvalue weighted by atomic mass is 10.3. The molecule has 2 heterocycles. The van der Waals surface area contributed by atoms with Crippen molar-refractivity contribution < 1.29 is 5.11 Å². The van der Waals surface area contributed by atoms with Gasteiger partial charge >= 0.3 is 0 Å². The first-order chi connectivity index (χ1) is 6.81. The molecule has 0 fully saturated rings. The van der Waals surface area contributed by atoms with Crippen molar-refractivity contribution >= 4 is 11.5 Å². The number of rotatable bonds is 3. The Bertz CT molecular complexity index is 426. The first kappa shape index (κ1) is 8.89. The molecule has 2 aromatic heterocycles. The second-order valence-corrected chi connectivity index (χ2v) is 3.07. The molecule has 14 heavy (non-hydrogen) atoms. The minimum absolute atomic E-state index is 0.0506. The lowest BCUT2D eigenvalue weighted by molar-refractivity contribution is 0.281. The summed E-state index contributed by atoms with van der Waals surface area (Å²) in [4.78, 5) is 4.12. The van der Waals surface area contributed by atoms with Crippen LogP contribution in [-0.2, 0) is 0 Å². The van der Waals surface area contributed by atoms with Crippen LogP contribution in [0, 0.1) is 0 Å². The van der Waals surface area contributed by atoms with Crippen LogP contribution in [0.25, 0.3) is 5.65 Å². The minimum Gasteiger partial charge on any atom is -0.394 e. The normalized spacial score (nSPS) is 13.0. The maximum Gasteiger partial charge on any atom is 0.203 e. The Kier molecular flexibility index (Phi) is 2.28. The van der Waals surface area contributed by atoms with Gasteiger partial charge in [-0.05, 0) is 6.92 Å². The molecule has 6 heteroatoms. The van der Waals surface area contributed by atoms with Crippen molar-refractivity contribution in [2.45, 2.75) is 13.0 Å². The second-order valence-electron chi connectivity index (χ2n) is 3.07. The number of hydrogen-bond donors (Lipinski definition) is 2. The van der Waals surface area contributed by atoms with E-state index in [2.05, 4.69) is 20.5 Å². The lowest BCUT2D eigenvalue weighted by Gasteiger charge is -2.10. The Morgan fingerprint density at radius 2 is 2.50 bits per heavy atom. The Morgan fingerprint density at radius 3 is 3.29 bits per heavy atom. The van der Waals surface area contributed by atoms with Crippen LogP contribution in [0.1, 0.15) is 6.92 Å². The summed E-state index contributed by atoms with van der Waals surface area (Å²) >= 11 is 0. The third kappa shape index (κ3) is 1.51. The Hall–Kier alpha value is -1.69. The van der Waals surface area contributed by atoms with E-state index in [-0.39, 0.29) is 12.6 Å². The number of anilines is 1. The van der Waals surface area contributed by atoms with Gasteiger partial charge in [0.2, 0.25) is 5.65 Å². The van der Waals surface area contributed by atoms with Gasteiger partial charge in [-0.2, -0.15) is 0 Å². The van der Waals surface area contributed by atoms with Crippen LogP contribution in [-0.4, -0.2) is 37.3 Å². The van der Waals surface area contributed by atoms with Crippen molar-refractivity contribution in [3.8, 4) is 0 Å². The third-order valence-electron chi connectivity index (χ3n) is 1.87. The molecule has 0 aromatic carbocycles. The van der Waals surface area contributed by atoms with Gasteiger partial charge in [-0.25, -0.2) is 4.98 Å². The summed E-state index contributed by atoms with van der Waals surface area (Å²) in [5, 5.41) is 19.6. The first-order valence-electron chi connectivity index (χ1n) is 4.33. The van der Waals surface area contributed by atoms with E-state index < -0.39 is 0 Å². The number of aliphatic hydroxyl groups is 1. The van der Waals surface area contributed by atoms with Gasteiger partial charge in [0.05, 0.1) is 6.61 Å². The number of nitrogens with zero attached hydrogens (tertiary/aromatic N) is 4. The number of fused-ring (bicyclic) bond motifs is 1. The van der Waals surface area contributed by atoms with Crippen molar-refractivity contribution in [3.63, 3.8) is 0 Å². The molecule has 0 aliphatic rings. The lowest BCUT2D eigenvalue weighted by Crippen LogP contribution is -2.20. The van der Waals surface area contributed by atoms with Crippen LogP contribution in [0.15, 0.2) is 18.7 Å². The molecule has 0 aliphatic heterocycles. The minimum atomic E-state index is -0.0506. The smallest absolute Gasteiger partial charge is 0.203 e. The van der Waals surface area contributed by atoms with Crippen LogP contribution in [0.4, 0.5) is 5.82 Å². The molecule has 0 aliphatic carbocycles. The summed E-state index contributed by atoms with van der Waals surface area (Å²) in [6.45, 7) is 1.92. The van der Waals surface area contributed by atoms with Crippen LogP contribution in [0.2, 0.25) is 0 Å². The van der Waals surface area contributed by atoms with Gasteiger partial charge in [0.15, 0.2) is 5.82 Å². The average molecular weight is 193 g/mol. The molecule has 0 amide bonds. The quantitative estimate of drug-likeness (QED) is 0.713. The molecule has 74 valence electrons. The number of aromatic nitrogens is 4. The maximum atomic E-state index is 8.89. The molecule has 0 spiro atoms. The van der Waals surface area contributed by atoms with E-state index >= 15 is 0 Å². The monoisotopic (exact) mass is 193 g/mol. The molecule has 2 aromatic rings. The van der Waals surface area contributed by atoms with Gasteiger partial charge in [-0.15, -0.1) is 10.2 Å². The summed E-state index contributed by atoms with van der Waals surface area (Å²) in [7, 11) is 0. The van der Waals surface area contributed by atoms with E-state index in [4.69, 9.17) is 5.11 Å². The van der Waals surface area contributed by atoms with Crippen LogP contribution in [0.3, 0.4) is 0 Å². The summed E-state index contributed by atoms with van der Waals surface area (Å²) in [6, 6.07) is -0.0506. The summed E-state index contributed by atoms with van der Waals surface area (Å²) in [5.41, 5.74) is 0.660. The van der Waals surface area contributed by atoms with Gasteiger partial charge in [0.1, 0.15) is 6.33 Å². The van der Waals surface area contributed by atoms with E-state index in [9.17, 15) is 0 Å². The highest BCUT2D eigenvalue weighted by molar-refractivity contribution is 5.61. The molecule has 2 N–H and O–H groups in total. The predicted molar refractivity (Wildman–Crippen MR) is 51.0 cm³/mol.